The Kier molecular flexibility index (Phi) is 9.26. The number of para-hydroxylation sites is 1. The van der Waals surface area contributed by atoms with Gasteiger partial charge in [-0.15, -0.1) is 0 Å². The first-order chi connectivity index (χ1) is 14.8. The van der Waals surface area contributed by atoms with E-state index in [0.717, 1.165) is 36.4 Å². The molecule has 3 rings (SSSR count). The van der Waals surface area contributed by atoms with Gasteiger partial charge in [-0.2, -0.15) is 0 Å². The highest BCUT2D eigenvalue weighted by Gasteiger charge is 2.15. The van der Waals surface area contributed by atoms with Gasteiger partial charge < -0.3 is 19.3 Å². The fourth-order valence-corrected chi connectivity index (χ4v) is 3.89. The van der Waals surface area contributed by atoms with Crippen LogP contribution in [-0.4, -0.2) is 62.8 Å². The van der Waals surface area contributed by atoms with E-state index in [4.69, 9.17) is 9.47 Å². The third kappa shape index (κ3) is 6.89. The van der Waals surface area contributed by atoms with Crippen LogP contribution in [0, 0.1) is 0 Å². The summed E-state index contributed by atoms with van der Waals surface area (Å²) in [4.78, 5) is 5.16. The fraction of sp³-hybridized carbons (Fsp3) is 0.462. The fourth-order valence-electron chi connectivity index (χ4n) is 3.89. The minimum Gasteiger partial charge on any atom is -0.493 e. The van der Waals surface area contributed by atoms with Crippen LogP contribution in [0.1, 0.15) is 37.3 Å². The molecule has 4 heteroatoms. The molecule has 0 bridgehead atoms. The van der Waals surface area contributed by atoms with Gasteiger partial charge in [0, 0.05) is 31.7 Å². The predicted molar refractivity (Wildman–Crippen MR) is 126 cm³/mol. The number of ether oxygens (including phenoxy) is 2. The Bertz CT molecular complexity index is 768. The number of hydrogen-bond acceptors (Lipinski definition) is 4. The summed E-state index contributed by atoms with van der Waals surface area (Å²) in [7, 11) is 1.70. The van der Waals surface area contributed by atoms with E-state index in [1.165, 1.54) is 44.7 Å². The van der Waals surface area contributed by atoms with E-state index >= 15 is 0 Å². The summed E-state index contributed by atoms with van der Waals surface area (Å²) in [6.45, 7) is 10.2. The van der Waals surface area contributed by atoms with Crippen molar-refractivity contribution in [3.63, 3.8) is 0 Å². The molecule has 2 aromatic rings. The largest absolute Gasteiger partial charge is 0.493 e. The molecule has 0 aromatic heterocycles. The average molecular weight is 409 g/mol. The lowest BCUT2D eigenvalue weighted by Gasteiger charge is -2.34. The van der Waals surface area contributed by atoms with Gasteiger partial charge in [-0.25, -0.2) is 0 Å². The van der Waals surface area contributed by atoms with Crippen molar-refractivity contribution in [1.29, 1.82) is 0 Å². The van der Waals surface area contributed by atoms with Crippen molar-refractivity contribution in [1.82, 2.24) is 9.80 Å². The van der Waals surface area contributed by atoms with E-state index in [2.05, 4.69) is 47.1 Å². The van der Waals surface area contributed by atoms with Crippen LogP contribution in [0.3, 0.4) is 0 Å². The maximum Gasteiger partial charge on any atom is 0.168 e. The van der Waals surface area contributed by atoms with Crippen LogP contribution in [0.2, 0.25) is 0 Å². The lowest BCUT2D eigenvalue weighted by atomic mass is 10.1. The Morgan fingerprint density at radius 3 is 2.27 bits per heavy atom. The molecule has 162 valence electrons. The molecule has 1 saturated heterocycles. The minimum absolute atomic E-state index is 0.711. The molecule has 30 heavy (non-hydrogen) atoms. The first kappa shape index (κ1) is 22.4. The third-order valence-corrected chi connectivity index (χ3v) is 5.60. The molecule has 1 aliphatic heterocycles. The zero-order valence-electron chi connectivity index (χ0n) is 18.6. The van der Waals surface area contributed by atoms with Crippen molar-refractivity contribution in [3.05, 3.63) is 59.7 Å². The maximum absolute atomic E-state index is 6.18. The minimum atomic E-state index is 0.711. The van der Waals surface area contributed by atoms with Crippen molar-refractivity contribution in [2.75, 3.05) is 53.0 Å². The Balaban J connectivity index is 1.47. The highest BCUT2D eigenvalue weighted by molar-refractivity contribution is 5.74. The molecule has 0 saturated carbocycles. The number of piperazine rings is 1. The van der Waals surface area contributed by atoms with E-state index in [9.17, 15) is 0 Å². The molecule has 0 unspecified atom stereocenters. The van der Waals surface area contributed by atoms with Gasteiger partial charge >= 0.3 is 0 Å². The zero-order valence-corrected chi connectivity index (χ0v) is 18.6. The first-order valence-corrected chi connectivity index (χ1v) is 11.3. The van der Waals surface area contributed by atoms with Gasteiger partial charge in [-0.05, 0) is 44.0 Å². The van der Waals surface area contributed by atoms with Crippen LogP contribution < -0.4 is 9.47 Å². The molecule has 2 aromatic carbocycles. The summed E-state index contributed by atoms with van der Waals surface area (Å²) >= 11 is 0. The summed E-state index contributed by atoms with van der Waals surface area (Å²) in [5.74, 6) is 1.62. The van der Waals surface area contributed by atoms with Crippen molar-refractivity contribution in [2.24, 2.45) is 0 Å². The van der Waals surface area contributed by atoms with Crippen LogP contribution in [0.5, 0.6) is 11.5 Å². The van der Waals surface area contributed by atoms with Gasteiger partial charge in [-0.3, -0.25) is 0 Å². The topological polar surface area (TPSA) is 24.9 Å². The average Bonchev–Trinajstić information content (AvgIpc) is 2.79. The van der Waals surface area contributed by atoms with Crippen LogP contribution in [0.15, 0.2) is 48.5 Å². The van der Waals surface area contributed by atoms with Crippen molar-refractivity contribution >= 4 is 12.2 Å². The molecule has 4 nitrogen and oxygen atoms in total. The molecule has 0 radical (unpaired) electrons. The highest BCUT2D eigenvalue weighted by Crippen LogP contribution is 2.32. The van der Waals surface area contributed by atoms with E-state index in [-0.39, 0.29) is 0 Å². The van der Waals surface area contributed by atoms with Crippen LogP contribution in [0.4, 0.5) is 0 Å². The summed E-state index contributed by atoms with van der Waals surface area (Å²) in [6.07, 6.45) is 7.68. The second-order valence-corrected chi connectivity index (χ2v) is 7.86. The first-order valence-electron chi connectivity index (χ1n) is 11.3. The predicted octanol–water partition coefficient (Wildman–Crippen LogP) is 5.05. The Morgan fingerprint density at radius 2 is 1.57 bits per heavy atom. The summed E-state index contributed by atoms with van der Waals surface area (Å²) in [5, 5.41) is 0. The molecule has 1 aliphatic rings. The summed E-state index contributed by atoms with van der Waals surface area (Å²) < 4.78 is 11.7. The lowest BCUT2D eigenvalue weighted by Crippen LogP contribution is -2.46. The standard InChI is InChI=1S/C26H36N2O2/c1-3-16-27-18-20-28(21-19-27)17-7-8-22-30-26-24(12-9-13-25(26)29-2)15-14-23-10-5-4-6-11-23/h4-6,9-15H,3,7-8,16-22H2,1-2H3. The molecule has 0 spiro atoms. The molecular formula is C26H36N2O2. The van der Waals surface area contributed by atoms with Crippen LogP contribution in [0.25, 0.3) is 12.2 Å². The normalized spacial score (nSPS) is 15.5. The van der Waals surface area contributed by atoms with Gasteiger partial charge in [0.2, 0.25) is 0 Å². The van der Waals surface area contributed by atoms with Gasteiger partial charge in [0.25, 0.3) is 0 Å². The summed E-state index contributed by atoms with van der Waals surface area (Å²) in [6, 6.07) is 16.4. The van der Waals surface area contributed by atoms with E-state index in [1.807, 2.05) is 30.3 Å². The van der Waals surface area contributed by atoms with Crippen molar-refractivity contribution in [2.45, 2.75) is 26.2 Å². The molecule has 0 N–H and O–H groups in total. The molecule has 0 amide bonds. The van der Waals surface area contributed by atoms with Gasteiger partial charge in [0.15, 0.2) is 11.5 Å². The Hall–Kier alpha value is -2.30. The molecule has 0 aliphatic carbocycles. The van der Waals surface area contributed by atoms with E-state index in [0.29, 0.717) is 6.61 Å². The maximum atomic E-state index is 6.18. The number of benzene rings is 2. The quantitative estimate of drug-likeness (QED) is 0.384. The Morgan fingerprint density at radius 1 is 0.833 bits per heavy atom. The molecular weight excluding hydrogens is 372 g/mol. The number of rotatable bonds is 11. The number of nitrogens with zero attached hydrogens (tertiary/aromatic N) is 2. The van der Waals surface area contributed by atoms with Crippen molar-refractivity contribution in [3.8, 4) is 11.5 Å². The SMILES string of the molecule is CCCN1CCN(CCCCOc2c(C=Cc3ccccc3)cccc2OC)CC1. The van der Waals surface area contributed by atoms with Gasteiger partial charge in [0.05, 0.1) is 13.7 Å². The van der Waals surface area contributed by atoms with Gasteiger partial charge in [-0.1, -0.05) is 61.5 Å². The number of hydrogen-bond donors (Lipinski definition) is 0. The highest BCUT2D eigenvalue weighted by atomic mass is 16.5. The van der Waals surface area contributed by atoms with Crippen molar-refractivity contribution < 1.29 is 9.47 Å². The molecule has 1 heterocycles. The van der Waals surface area contributed by atoms with Crippen LogP contribution >= 0.6 is 0 Å². The summed E-state index contributed by atoms with van der Waals surface area (Å²) in [5.41, 5.74) is 2.22. The smallest absolute Gasteiger partial charge is 0.168 e. The second kappa shape index (κ2) is 12.4. The molecule has 0 atom stereocenters. The third-order valence-electron chi connectivity index (χ3n) is 5.60. The number of methoxy groups -OCH3 is 1. The number of unbranched alkanes of at least 4 members (excludes halogenated alkanes) is 1. The van der Waals surface area contributed by atoms with E-state index in [1.54, 1.807) is 7.11 Å². The lowest BCUT2D eigenvalue weighted by molar-refractivity contribution is 0.129. The molecule has 1 fully saturated rings. The second-order valence-electron chi connectivity index (χ2n) is 7.86. The van der Waals surface area contributed by atoms with E-state index < -0.39 is 0 Å². The van der Waals surface area contributed by atoms with Gasteiger partial charge in [0.1, 0.15) is 0 Å². The zero-order chi connectivity index (χ0) is 21.0. The van der Waals surface area contributed by atoms with Crippen LogP contribution in [-0.2, 0) is 0 Å². The Labute approximate surface area is 182 Å². The monoisotopic (exact) mass is 408 g/mol.